The monoisotopic (exact) mass is 886 g/mol. The summed E-state index contributed by atoms with van der Waals surface area (Å²) in [6, 6.07) is 20.9. The molecule has 3 aromatic carbocycles. The standard InChI is InChI=1S/C47H54N10O8/c1-31(51-45(60)33-12-7-13-34(25-33)49-27-41-53-54-44(55(41)2)39-19-20-48-30-50-39)32-11-8-14-35(26-32)65-24-6-4-5-21-63-22-10-23-64-29-42(58)52-38-16-9-15-36-37(38)28-57(46(36)61)40-17-18-43(59)56(3)47(40)62/h7-9,11-16,19-20,25-26,30-31,40,49H,4-6,10,17-18,21-24,27-29H2,1-3H3,(H,51,60)(H,52,58). The number of hydrogen-bond donors (Lipinski definition) is 3. The molecule has 0 radical (unpaired) electrons. The summed E-state index contributed by atoms with van der Waals surface area (Å²) >= 11 is 0. The molecule has 5 aromatic rings. The first-order chi connectivity index (χ1) is 31.6. The normalized spacial score (nSPS) is 15.2. The smallest absolute Gasteiger partial charge is 0.255 e. The summed E-state index contributed by atoms with van der Waals surface area (Å²) in [5.74, 6) is 0.596. The van der Waals surface area contributed by atoms with Crippen LogP contribution >= 0.6 is 0 Å². The number of carbonyl (C=O) groups is 5. The molecule has 2 atom stereocenters. The van der Waals surface area contributed by atoms with Crippen molar-refractivity contribution >= 4 is 40.9 Å². The first-order valence-corrected chi connectivity index (χ1v) is 21.8. The highest BCUT2D eigenvalue weighted by Gasteiger charge is 2.42. The van der Waals surface area contributed by atoms with E-state index in [1.54, 1.807) is 42.6 Å². The number of imide groups is 1. The average molecular weight is 887 g/mol. The van der Waals surface area contributed by atoms with Crippen LogP contribution in [0.25, 0.3) is 11.5 Å². The first-order valence-electron chi connectivity index (χ1n) is 21.8. The van der Waals surface area contributed by atoms with Gasteiger partial charge in [0.1, 0.15) is 30.4 Å². The molecule has 5 amide bonds. The Bertz CT molecular complexity index is 2480. The minimum absolute atomic E-state index is 0.153. The Labute approximate surface area is 377 Å². The highest BCUT2D eigenvalue weighted by atomic mass is 16.5. The summed E-state index contributed by atoms with van der Waals surface area (Å²) in [6.45, 7) is 4.37. The Morgan fingerprint density at radius 3 is 2.52 bits per heavy atom. The summed E-state index contributed by atoms with van der Waals surface area (Å²) in [4.78, 5) is 74.5. The van der Waals surface area contributed by atoms with Crippen LogP contribution in [-0.2, 0) is 44.0 Å². The predicted molar refractivity (Wildman–Crippen MR) is 239 cm³/mol. The van der Waals surface area contributed by atoms with E-state index in [1.807, 2.05) is 54.9 Å². The van der Waals surface area contributed by atoms with Gasteiger partial charge < -0.3 is 39.6 Å². The quantitative estimate of drug-likeness (QED) is 0.0612. The SMILES string of the molecule is CC(NC(=O)c1cccc(NCc2nnc(-c3ccncn3)n2C)c1)c1cccc(OCCCCCOCCCOCC(=O)Nc2cccc3c2CN(C2CCC(=O)N(C)C2=O)C3=O)c1. The fourth-order valence-corrected chi connectivity index (χ4v) is 7.65. The van der Waals surface area contributed by atoms with E-state index in [9.17, 15) is 24.0 Å². The van der Waals surface area contributed by atoms with Gasteiger partial charge in [0.2, 0.25) is 11.8 Å². The van der Waals surface area contributed by atoms with Gasteiger partial charge in [0.25, 0.3) is 17.7 Å². The number of likely N-dealkylation sites (N-methyl/N-ethyl adjacent to an activating group) is 1. The van der Waals surface area contributed by atoms with Crippen LogP contribution in [0.4, 0.5) is 11.4 Å². The molecule has 7 rings (SSSR count). The zero-order chi connectivity index (χ0) is 45.7. The molecule has 0 bridgehead atoms. The molecule has 1 fully saturated rings. The molecule has 340 valence electrons. The number of fused-ring (bicyclic) bond motifs is 1. The molecule has 1 saturated heterocycles. The van der Waals surface area contributed by atoms with E-state index in [-0.39, 0.29) is 55.7 Å². The van der Waals surface area contributed by atoms with Gasteiger partial charge in [0.05, 0.1) is 19.2 Å². The highest BCUT2D eigenvalue weighted by molar-refractivity contribution is 6.06. The second-order valence-electron chi connectivity index (χ2n) is 15.9. The van der Waals surface area contributed by atoms with Crippen molar-refractivity contribution in [1.82, 2.24) is 39.8 Å². The first kappa shape index (κ1) is 46.0. The van der Waals surface area contributed by atoms with Gasteiger partial charge in [-0.15, -0.1) is 10.2 Å². The van der Waals surface area contributed by atoms with Crippen molar-refractivity contribution in [3.8, 4) is 17.3 Å². The van der Waals surface area contributed by atoms with Crippen molar-refractivity contribution < 1.29 is 38.2 Å². The third-order valence-corrected chi connectivity index (χ3v) is 11.3. The summed E-state index contributed by atoms with van der Waals surface area (Å²) in [7, 11) is 3.31. The maximum atomic E-state index is 13.3. The summed E-state index contributed by atoms with van der Waals surface area (Å²) in [5.41, 5.74) is 4.48. The van der Waals surface area contributed by atoms with Crippen molar-refractivity contribution in [3.05, 3.63) is 113 Å². The fraction of sp³-hybridized carbons (Fsp3) is 0.383. The van der Waals surface area contributed by atoms with Crippen molar-refractivity contribution in [2.75, 3.05) is 50.7 Å². The molecule has 2 unspecified atom stereocenters. The second-order valence-corrected chi connectivity index (χ2v) is 15.9. The lowest BCUT2D eigenvalue weighted by Gasteiger charge is -2.33. The molecule has 2 aromatic heterocycles. The van der Waals surface area contributed by atoms with E-state index in [0.717, 1.165) is 41.2 Å². The Morgan fingerprint density at radius 2 is 1.68 bits per heavy atom. The number of nitrogens with one attached hydrogen (secondary N) is 3. The Balaban J connectivity index is 0.733. The van der Waals surface area contributed by atoms with E-state index in [2.05, 4.69) is 36.1 Å². The number of carbonyl (C=O) groups excluding carboxylic acids is 5. The largest absolute Gasteiger partial charge is 0.494 e. The zero-order valence-corrected chi connectivity index (χ0v) is 36.8. The maximum Gasteiger partial charge on any atom is 0.255 e. The predicted octanol–water partition coefficient (Wildman–Crippen LogP) is 5.09. The molecular formula is C47H54N10O8. The fourth-order valence-electron chi connectivity index (χ4n) is 7.65. The molecule has 0 spiro atoms. The van der Waals surface area contributed by atoms with E-state index < -0.39 is 11.9 Å². The van der Waals surface area contributed by atoms with Crippen molar-refractivity contribution in [1.29, 1.82) is 0 Å². The molecule has 4 heterocycles. The number of ether oxygens (including phenoxy) is 3. The van der Waals surface area contributed by atoms with Gasteiger partial charge in [-0.2, -0.15) is 0 Å². The lowest BCUT2D eigenvalue weighted by Crippen LogP contribution is -2.53. The van der Waals surface area contributed by atoms with E-state index in [1.165, 1.54) is 18.3 Å². The molecule has 18 nitrogen and oxygen atoms in total. The van der Waals surface area contributed by atoms with Crippen LogP contribution in [0.5, 0.6) is 5.75 Å². The second kappa shape index (κ2) is 22.0. The van der Waals surface area contributed by atoms with Gasteiger partial charge in [0, 0.05) is 81.1 Å². The Hall–Kier alpha value is -7.05. The number of likely N-dealkylation sites (tertiary alicyclic amines) is 1. The van der Waals surface area contributed by atoms with Crippen LogP contribution < -0.4 is 20.7 Å². The molecule has 2 aliphatic rings. The van der Waals surface area contributed by atoms with Crippen LogP contribution in [0.15, 0.2) is 85.3 Å². The third-order valence-electron chi connectivity index (χ3n) is 11.3. The number of anilines is 2. The van der Waals surface area contributed by atoms with E-state index in [0.29, 0.717) is 79.1 Å². The number of rotatable bonds is 22. The number of hydrogen-bond acceptors (Lipinski definition) is 13. The minimum Gasteiger partial charge on any atom is -0.494 e. The van der Waals surface area contributed by atoms with Gasteiger partial charge in [-0.25, -0.2) is 9.97 Å². The van der Waals surface area contributed by atoms with Crippen molar-refractivity contribution in [2.45, 2.75) is 70.6 Å². The van der Waals surface area contributed by atoms with Crippen molar-refractivity contribution in [2.24, 2.45) is 7.05 Å². The molecule has 2 aliphatic heterocycles. The van der Waals surface area contributed by atoms with E-state index in [4.69, 9.17) is 14.2 Å². The highest BCUT2D eigenvalue weighted by Crippen LogP contribution is 2.33. The van der Waals surface area contributed by atoms with E-state index >= 15 is 0 Å². The third kappa shape index (κ3) is 11.8. The molecule has 0 aliphatic carbocycles. The zero-order valence-electron chi connectivity index (χ0n) is 36.8. The lowest BCUT2D eigenvalue weighted by atomic mass is 10.0. The lowest BCUT2D eigenvalue weighted by molar-refractivity contribution is -0.150. The number of amides is 5. The van der Waals surface area contributed by atoms with Crippen molar-refractivity contribution in [3.63, 3.8) is 0 Å². The number of aromatic nitrogens is 5. The minimum atomic E-state index is -0.716. The number of nitrogens with zero attached hydrogens (tertiary/aromatic N) is 7. The molecule has 18 heteroatoms. The van der Waals surface area contributed by atoms with Gasteiger partial charge >= 0.3 is 0 Å². The van der Waals surface area contributed by atoms with Crippen LogP contribution in [-0.4, -0.2) is 110 Å². The van der Waals surface area contributed by atoms with Gasteiger partial charge in [-0.3, -0.25) is 28.9 Å². The molecule has 3 N–H and O–H groups in total. The topological polar surface area (TPSA) is 212 Å². The van der Waals surface area contributed by atoms with Gasteiger partial charge in [-0.1, -0.05) is 24.3 Å². The summed E-state index contributed by atoms with van der Waals surface area (Å²) in [5, 5.41) is 17.8. The van der Waals surface area contributed by atoms with Crippen LogP contribution in [0.1, 0.15) is 89.2 Å². The molecular weight excluding hydrogens is 833 g/mol. The van der Waals surface area contributed by atoms with Gasteiger partial charge in [0.15, 0.2) is 11.6 Å². The number of unbranched alkanes of at least 4 members (excludes halogenated alkanes) is 2. The molecule has 65 heavy (non-hydrogen) atoms. The summed E-state index contributed by atoms with van der Waals surface area (Å²) in [6.07, 6.45) is 6.89. The molecule has 0 saturated carbocycles. The summed E-state index contributed by atoms with van der Waals surface area (Å²) < 4.78 is 19.2. The van der Waals surface area contributed by atoms with Crippen LogP contribution in [0.3, 0.4) is 0 Å². The number of piperidine rings is 1. The maximum absolute atomic E-state index is 13.3. The van der Waals surface area contributed by atoms with Gasteiger partial charge in [-0.05, 0) is 93.1 Å². The number of benzene rings is 3. The average Bonchev–Trinajstić information content (AvgIpc) is 3.86. The van der Waals surface area contributed by atoms with Crippen LogP contribution in [0.2, 0.25) is 0 Å². The van der Waals surface area contributed by atoms with Crippen LogP contribution in [0, 0.1) is 0 Å². The Morgan fingerprint density at radius 1 is 0.877 bits per heavy atom. The Kier molecular flexibility index (Phi) is 15.6.